The van der Waals surface area contributed by atoms with E-state index in [1.807, 2.05) is 6.07 Å². The van der Waals surface area contributed by atoms with E-state index in [1.165, 1.54) is 12.1 Å². The van der Waals surface area contributed by atoms with Crippen LogP contribution < -0.4 is 0 Å². The van der Waals surface area contributed by atoms with Gasteiger partial charge in [0.2, 0.25) is 5.82 Å². The molecule has 0 aliphatic heterocycles. The second-order valence-electron chi connectivity index (χ2n) is 4.05. The van der Waals surface area contributed by atoms with Gasteiger partial charge in [0, 0.05) is 6.20 Å². The summed E-state index contributed by atoms with van der Waals surface area (Å²) < 4.78 is 37.1. The Hall–Kier alpha value is -2.29. The fraction of sp³-hybridized carbons (Fsp3) is 0.231. The van der Waals surface area contributed by atoms with Gasteiger partial charge >= 0.3 is 6.18 Å². The summed E-state index contributed by atoms with van der Waals surface area (Å²) in [6.07, 6.45) is -1.53. The zero-order valence-corrected chi connectivity index (χ0v) is 9.83. The molecule has 0 bridgehead atoms. The molecule has 6 heteroatoms. The number of imidazole rings is 1. The highest BCUT2D eigenvalue weighted by molar-refractivity contribution is 5.25. The maximum atomic E-state index is 12.4. The molecule has 1 aromatic heterocycles. The molecule has 2 aromatic rings. The van der Waals surface area contributed by atoms with E-state index in [0.717, 1.165) is 23.4 Å². The molecule has 0 unspecified atom stereocenters. The Balaban J connectivity index is 1.99. The Bertz CT molecular complexity index is 591. The maximum Gasteiger partial charge on any atom is 0.416 e. The van der Waals surface area contributed by atoms with Crippen molar-refractivity contribution in [2.75, 3.05) is 0 Å². The lowest BCUT2D eigenvalue weighted by Crippen LogP contribution is -2.04. The second-order valence-corrected chi connectivity index (χ2v) is 4.05. The van der Waals surface area contributed by atoms with Gasteiger partial charge in [-0.1, -0.05) is 12.1 Å². The fourth-order valence-electron chi connectivity index (χ4n) is 1.68. The Morgan fingerprint density at radius 2 is 1.84 bits per heavy atom. The average Bonchev–Trinajstić information content (AvgIpc) is 2.84. The molecule has 3 nitrogen and oxygen atoms in total. The predicted molar refractivity (Wildman–Crippen MR) is 62.2 cm³/mol. The molecule has 0 spiro atoms. The number of nitrogens with zero attached hydrogens (tertiary/aromatic N) is 2. The Labute approximate surface area is 107 Å². The maximum absolute atomic E-state index is 12.4. The molecule has 2 rings (SSSR count). The molecule has 1 N–H and O–H groups in total. The van der Waals surface area contributed by atoms with Crippen LogP contribution in [0.25, 0.3) is 0 Å². The molecular formula is C13H10F3N3. The molecule has 0 amide bonds. The summed E-state index contributed by atoms with van der Waals surface area (Å²) in [5.74, 6) is 0.238. The van der Waals surface area contributed by atoms with Crippen molar-refractivity contribution in [2.24, 2.45) is 0 Å². The zero-order valence-electron chi connectivity index (χ0n) is 9.83. The minimum absolute atomic E-state index is 0.238. The van der Waals surface area contributed by atoms with Crippen LogP contribution in [0.5, 0.6) is 0 Å². The third-order valence-corrected chi connectivity index (χ3v) is 2.69. The lowest BCUT2D eigenvalue weighted by atomic mass is 10.1. The van der Waals surface area contributed by atoms with Gasteiger partial charge in [-0.05, 0) is 30.5 Å². The molecule has 1 heterocycles. The van der Waals surface area contributed by atoms with Crippen molar-refractivity contribution in [3.8, 4) is 6.07 Å². The van der Waals surface area contributed by atoms with E-state index >= 15 is 0 Å². The van der Waals surface area contributed by atoms with E-state index in [0.29, 0.717) is 12.8 Å². The number of hydrogen-bond donors (Lipinski definition) is 1. The summed E-state index contributed by atoms with van der Waals surface area (Å²) in [4.78, 5) is 6.70. The van der Waals surface area contributed by atoms with Gasteiger partial charge in [-0.25, -0.2) is 4.98 Å². The third-order valence-electron chi connectivity index (χ3n) is 2.69. The first kappa shape index (κ1) is 13.1. The molecule has 0 radical (unpaired) electrons. The molecule has 0 saturated heterocycles. The van der Waals surface area contributed by atoms with Gasteiger partial charge < -0.3 is 4.98 Å². The number of nitrogens with one attached hydrogen (secondary N) is 1. The predicted octanol–water partition coefficient (Wildman–Crippen LogP) is 3.09. The molecule has 0 saturated carbocycles. The van der Waals surface area contributed by atoms with Gasteiger partial charge in [0.05, 0.1) is 11.3 Å². The highest BCUT2D eigenvalue weighted by atomic mass is 19.4. The van der Waals surface area contributed by atoms with Crippen LogP contribution in [0.3, 0.4) is 0 Å². The van der Waals surface area contributed by atoms with Crippen LogP contribution in [0.1, 0.15) is 22.6 Å². The molecule has 98 valence electrons. The first-order chi connectivity index (χ1) is 8.99. The monoisotopic (exact) mass is 265 g/mol. The van der Waals surface area contributed by atoms with Crippen LogP contribution in [-0.2, 0) is 19.0 Å². The smallest absolute Gasteiger partial charge is 0.336 e. The van der Waals surface area contributed by atoms with Gasteiger partial charge in [-0.2, -0.15) is 18.4 Å². The van der Waals surface area contributed by atoms with Crippen LogP contribution in [-0.4, -0.2) is 9.97 Å². The Morgan fingerprint density at radius 1 is 1.16 bits per heavy atom. The van der Waals surface area contributed by atoms with E-state index in [1.54, 1.807) is 6.20 Å². The van der Waals surface area contributed by atoms with Gasteiger partial charge in [-0.15, -0.1) is 0 Å². The number of aromatic amines is 1. The lowest BCUT2D eigenvalue weighted by Gasteiger charge is -2.07. The number of nitriles is 1. The number of H-pyrrole nitrogens is 1. The zero-order chi connectivity index (χ0) is 13.9. The number of alkyl halides is 3. The summed E-state index contributed by atoms with van der Waals surface area (Å²) >= 11 is 0. The van der Waals surface area contributed by atoms with Crippen molar-refractivity contribution in [1.29, 1.82) is 5.26 Å². The number of aromatic nitrogens is 2. The van der Waals surface area contributed by atoms with Crippen LogP contribution in [0.15, 0.2) is 30.5 Å². The van der Waals surface area contributed by atoms with Gasteiger partial charge in [0.25, 0.3) is 0 Å². The third kappa shape index (κ3) is 3.35. The molecule has 0 atom stereocenters. The molecule has 0 aliphatic rings. The van der Waals surface area contributed by atoms with E-state index in [-0.39, 0.29) is 5.82 Å². The quantitative estimate of drug-likeness (QED) is 0.927. The summed E-state index contributed by atoms with van der Waals surface area (Å²) in [6.45, 7) is 0. The second kappa shape index (κ2) is 5.14. The Morgan fingerprint density at radius 3 is 2.37 bits per heavy atom. The van der Waals surface area contributed by atoms with Gasteiger partial charge in [0.15, 0.2) is 0 Å². The lowest BCUT2D eigenvalue weighted by molar-refractivity contribution is -0.137. The number of halogens is 3. The molecular weight excluding hydrogens is 255 g/mol. The van der Waals surface area contributed by atoms with E-state index in [9.17, 15) is 13.2 Å². The minimum atomic E-state index is -4.30. The molecule has 0 aliphatic carbocycles. The Kier molecular flexibility index (Phi) is 3.56. The van der Waals surface area contributed by atoms with E-state index in [2.05, 4.69) is 9.97 Å². The summed E-state index contributed by atoms with van der Waals surface area (Å²) in [5.41, 5.74) is 0.869. The molecule has 1 aromatic carbocycles. The van der Waals surface area contributed by atoms with Crippen molar-refractivity contribution in [2.45, 2.75) is 19.0 Å². The number of hydrogen-bond acceptors (Lipinski definition) is 2. The normalized spacial score (nSPS) is 11.3. The van der Waals surface area contributed by atoms with E-state index in [4.69, 9.17) is 5.26 Å². The van der Waals surface area contributed by atoms with Crippen LogP contribution in [0, 0.1) is 11.3 Å². The van der Waals surface area contributed by atoms with Crippen LogP contribution in [0.2, 0.25) is 0 Å². The van der Waals surface area contributed by atoms with Crippen molar-refractivity contribution in [3.63, 3.8) is 0 Å². The summed E-state index contributed by atoms with van der Waals surface area (Å²) in [7, 11) is 0. The van der Waals surface area contributed by atoms with Crippen molar-refractivity contribution < 1.29 is 13.2 Å². The molecule has 0 fully saturated rings. The first-order valence-corrected chi connectivity index (χ1v) is 5.59. The molecule has 19 heavy (non-hydrogen) atoms. The summed E-state index contributed by atoms with van der Waals surface area (Å²) in [5, 5.41) is 8.59. The van der Waals surface area contributed by atoms with Crippen molar-refractivity contribution in [3.05, 3.63) is 53.1 Å². The van der Waals surface area contributed by atoms with Gasteiger partial charge in [-0.3, -0.25) is 0 Å². The van der Waals surface area contributed by atoms with Crippen LogP contribution in [0.4, 0.5) is 13.2 Å². The number of aryl methyl sites for hydroxylation is 2. The number of benzene rings is 1. The van der Waals surface area contributed by atoms with E-state index < -0.39 is 11.7 Å². The SMILES string of the molecule is N#Cc1nc(CCc2ccc(C(F)(F)F)cc2)c[nH]1. The largest absolute Gasteiger partial charge is 0.416 e. The fourth-order valence-corrected chi connectivity index (χ4v) is 1.68. The van der Waals surface area contributed by atoms with Crippen molar-refractivity contribution >= 4 is 0 Å². The average molecular weight is 265 g/mol. The van der Waals surface area contributed by atoms with Crippen molar-refractivity contribution in [1.82, 2.24) is 9.97 Å². The standard InChI is InChI=1S/C13H10F3N3/c14-13(15,16)10-4-1-9(2-5-10)3-6-11-8-18-12(7-17)19-11/h1-2,4-5,8H,3,6H2,(H,18,19). The summed E-state index contributed by atoms with van der Waals surface area (Å²) in [6, 6.07) is 6.94. The minimum Gasteiger partial charge on any atom is -0.336 e. The number of rotatable bonds is 3. The topological polar surface area (TPSA) is 52.5 Å². The highest BCUT2D eigenvalue weighted by Crippen LogP contribution is 2.29. The van der Waals surface area contributed by atoms with Crippen LogP contribution >= 0.6 is 0 Å². The highest BCUT2D eigenvalue weighted by Gasteiger charge is 2.29. The first-order valence-electron chi connectivity index (χ1n) is 5.59. The van der Waals surface area contributed by atoms with Gasteiger partial charge in [0.1, 0.15) is 6.07 Å².